The molecule has 33 heavy (non-hydrogen) atoms. The third-order valence-corrected chi connectivity index (χ3v) is 5.88. The molecule has 9 nitrogen and oxygen atoms in total. The molecule has 162 valence electrons. The van der Waals surface area contributed by atoms with E-state index in [-0.39, 0.29) is 12.0 Å². The van der Waals surface area contributed by atoms with Gasteiger partial charge in [0.15, 0.2) is 0 Å². The second-order valence-electron chi connectivity index (χ2n) is 7.70. The number of fused-ring (bicyclic) bond motifs is 3. The van der Waals surface area contributed by atoms with E-state index in [1.165, 1.54) is 7.11 Å². The number of carbonyl (C=O) groups is 1. The summed E-state index contributed by atoms with van der Waals surface area (Å²) in [7, 11) is 1.37. The Kier molecular flexibility index (Phi) is 4.39. The van der Waals surface area contributed by atoms with E-state index in [0.717, 1.165) is 33.7 Å². The number of pyridine rings is 1. The third kappa shape index (κ3) is 3.05. The molecule has 0 amide bonds. The fourth-order valence-corrected chi connectivity index (χ4v) is 4.38. The van der Waals surface area contributed by atoms with Gasteiger partial charge < -0.3 is 14.8 Å². The zero-order valence-electron chi connectivity index (χ0n) is 17.5. The highest BCUT2D eigenvalue weighted by Gasteiger charge is 2.41. The molecule has 6 rings (SSSR count). The molecule has 2 atom stereocenters. The van der Waals surface area contributed by atoms with E-state index in [1.54, 1.807) is 23.0 Å². The number of methoxy groups -OCH3 is 1. The van der Waals surface area contributed by atoms with Gasteiger partial charge in [-0.1, -0.05) is 35.4 Å². The van der Waals surface area contributed by atoms with E-state index < -0.39 is 6.10 Å². The minimum atomic E-state index is -0.448. The number of carbonyl (C=O) groups excluding carboxylic acids is 1. The van der Waals surface area contributed by atoms with Crippen molar-refractivity contribution in [3.63, 3.8) is 0 Å². The molecule has 0 saturated carbocycles. The monoisotopic (exact) mass is 438 g/mol. The molecule has 2 aromatic carbocycles. The van der Waals surface area contributed by atoms with Crippen LogP contribution in [-0.4, -0.2) is 38.3 Å². The van der Waals surface area contributed by atoms with Crippen LogP contribution in [0.3, 0.4) is 0 Å². The lowest BCUT2D eigenvalue weighted by molar-refractivity contribution is 0.0600. The zero-order chi connectivity index (χ0) is 22.4. The van der Waals surface area contributed by atoms with Crippen molar-refractivity contribution in [3.05, 3.63) is 101 Å². The highest BCUT2D eigenvalue weighted by molar-refractivity contribution is 5.89. The van der Waals surface area contributed by atoms with Gasteiger partial charge in [0, 0.05) is 23.5 Å². The van der Waals surface area contributed by atoms with Gasteiger partial charge in [0.1, 0.15) is 17.9 Å². The van der Waals surface area contributed by atoms with Crippen LogP contribution in [0.1, 0.15) is 39.2 Å². The fourth-order valence-electron chi connectivity index (χ4n) is 4.38. The minimum absolute atomic E-state index is 0.335. The topological polar surface area (TPSA) is 104 Å². The average Bonchev–Trinajstić information content (AvgIpc) is 3.35. The van der Waals surface area contributed by atoms with Crippen molar-refractivity contribution in [2.24, 2.45) is 0 Å². The summed E-state index contributed by atoms with van der Waals surface area (Å²) in [6, 6.07) is 18.6. The Morgan fingerprint density at radius 2 is 1.91 bits per heavy atom. The highest BCUT2D eigenvalue weighted by Crippen LogP contribution is 2.50. The van der Waals surface area contributed by atoms with E-state index in [9.17, 15) is 4.79 Å². The molecule has 4 aromatic rings. The van der Waals surface area contributed by atoms with Gasteiger partial charge in [-0.25, -0.2) is 4.79 Å². The van der Waals surface area contributed by atoms with Crippen LogP contribution in [0.25, 0.3) is 5.70 Å². The molecule has 0 fully saturated rings. The van der Waals surface area contributed by atoms with Gasteiger partial charge in [-0.3, -0.25) is 4.98 Å². The number of tetrazole rings is 1. The second-order valence-corrected chi connectivity index (χ2v) is 7.70. The summed E-state index contributed by atoms with van der Waals surface area (Å²) in [6.45, 7) is 0. The van der Waals surface area contributed by atoms with Gasteiger partial charge in [0.05, 0.1) is 18.4 Å². The van der Waals surface area contributed by atoms with E-state index in [0.29, 0.717) is 11.5 Å². The number of esters is 1. The maximum Gasteiger partial charge on any atom is 0.337 e. The van der Waals surface area contributed by atoms with Gasteiger partial charge in [-0.2, -0.15) is 4.68 Å². The molecule has 0 saturated heterocycles. The third-order valence-electron chi connectivity index (χ3n) is 5.88. The number of benzene rings is 2. The molecule has 2 aliphatic heterocycles. The summed E-state index contributed by atoms with van der Waals surface area (Å²) in [5.74, 6) is 0.901. The zero-order valence-corrected chi connectivity index (χ0v) is 17.5. The first-order valence-corrected chi connectivity index (χ1v) is 10.4. The van der Waals surface area contributed by atoms with E-state index in [2.05, 4.69) is 25.8 Å². The largest absolute Gasteiger partial charge is 0.480 e. The first-order valence-electron chi connectivity index (χ1n) is 10.4. The van der Waals surface area contributed by atoms with Gasteiger partial charge in [-0.05, 0) is 51.9 Å². The Hall–Kier alpha value is -4.53. The number of para-hydroxylation sites is 1. The quantitative estimate of drug-likeness (QED) is 0.485. The number of hydrogen-bond acceptors (Lipinski definition) is 8. The maximum atomic E-state index is 11.9. The molecule has 1 N–H and O–H groups in total. The van der Waals surface area contributed by atoms with Crippen LogP contribution in [-0.2, 0) is 4.74 Å². The fraction of sp³-hybridized carbons (Fsp3) is 0.125. The molecule has 9 heteroatoms. The molecule has 2 aromatic heterocycles. The lowest BCUT2D eigenvalue weighted by atomic mass is 9.85. The number of hydrogen-bond donors (Lipinski definition) is 1. The van der Waals surface area contributed by atoms with Crippen LogP contribution in [0.4, 0.5) is 5.95 Å². The maximum absolute atomic E-state index is 11.9. The van der Waals surface area contributed by atoms with Crippen molar-refractivity contribution in [1.29, 1.82) is 0 Å². The highest BCUT2D eigenvalue weighted by atomic mass is 16.5. The summed E-state index contributed by atoms with van der Waals surface area (Å²) in [4.78, 5) is 16.3. The van der Waals surface area contributed by atoms with Crippen LogP contribution >= 0.6 is 0 Å². The summed E-state index contributed by atoms with van der Waals surface area (Å²) in [5, 5.41) is 15.7. The van der Waals surface area contributed by atoms with E-state index >= 15 is 0 Å². The molecule has 2 unspecified atom stereocenters. The van der Waals surface area contributed by atoms with Crippen LogP contribution < -0.4 is 10.1 Å². The van der Waals surface area contributed by atoms with Gasteiger partial charge >= 0.3 is 5.97 Å². The normalized spacial score (nSPS) is 18.3. The summed E-state index contributed by atoms with van der Waals surface area (Å²) in [5.41, 5.74) is 5.07. The van der Waals surface area contributed by atoms with Crippen molar-refractivity contribution in [2.45, 2.75) is 12.1 Å². The molecule has 0 bridgehead atoms. The van der Waals surface area contributed by atoms with Gasteiger partial charge in [0.25, 0.3) is 0 Å². The Morgan fingerprint density at radius 3 is 2.70 bits per heavy atom. The number of nitrogens with one attached hydrogen (secondary N) is 1. The first kappa shape index (κ1) is 19.2. The molecular weight excluding hydrogens is 420 g/mol. The Bertz CT molecular complexity index is 1380. The van der Waals surface area contributed by atoms with E-state index in [1.807, 2.05) is 54.7 Å². The van der Waals surface area contributed by atoms with Crippen LogP contribution in [0, 0.1) is 0 Å². The van der Waals surface area contributed by atoms with E-state index in [4.69, 9.17) is 9.47 Å². The number of anilines is 1. The Labute approximate surface area is 188 Å². The van der Waals surface area contributed by atoms with Crippen molar-refractivity contribution < 1.29 is 14.3 Å². The number of aromatic nitrogens is 5. The molecule has 2 aliphatic rings. The minimum Gasteiger partial charge on any atom is -0.480 e. The first-order chi connectivity index (χ1) is 16.2. The summed E-state index contributed by atoms with van der Waals surface area (Å²) < 4.78 is 13.1. The Morgan fingerprint density at radius 1 is 1.06 bits per heavy atom. The van der Waals surface area contributed by atoms with Crippen LogP contribution in [0.2, 0.25) is 0 Å². The van der Waals surface area contributed by atoms with Gasteiger partial charge in [0.2, 0.25) is 5.95 Å². The van der Waals surface area contributed by atoms with Crippen LogP contribution in [0.5, 0.6) is 5.75 Å². The molecule has 4 heterocycles. The molecular formula is C24H18N6O3. The Balaban J connectivity index is 1.56. The molecule has 0 radical (unpaired) electrons. The molecule has 0 spiro atoms. The smallest absolute Gasteiger partial charge is 0.337 e. The van der Waals surface area contributed by atoms with Crippen molar-refractivity contribution in [3.8, 4) is 5.75 Å². The number of rotatable bonds is 3. The second kappa shape index (κ2) is 7.56. The van der Waals surface area contributed by atoms with Gasteiger partial charge in [-0.15, -0.1) is 0 Å². The standard InChI is InChI=1S/C24H18N6O3/c1-32-23(31)15-10-8-14(9-11-15)22-19-20(17-6-2-3-7-18(17)33-22)26-24-27-28-29-30(24)21(19)16-5-4-12-25-13-16/h2-13,21-22H,1H3,(H,26,27,29). The lowest BCUT2D eigenvalue weighted by Gasteiger charge is -2.38. The lowest BCUT2D eigenvalue weighted by Crippen LogP contribution is -2.32. The van der Waals surface area contributed by atoms with Crippen LogP contribution in [0.15, 0.2) is 78.6 Å². The van der Waals surface area contributed by atoms with Crippen molar-refractivity contribution >= 4 is 17.6 Å². The number of ether oxygens (including phenoxy) is 2. The predicted octanol–water partition coefficient (Wildman–Crippen LogP) is 3.41. The summed E-state index contributed by atoms with van der Waals surface area (Å²) >= 11 is 0. The SMILES string of the molecule is COC(=O)c1ccc(C2Oc3ccccc3C3=C2C(c2cccnc2)n2nnnc2N3)cc1. The summed E-state index contributed by atoms with van der Waals surface area (Å²) in [6.07, 6.45) is 3.09. The number of nitrogens with zero attached hydrogens (tertiary/aromatic N) is 5. The predicted molar refractivity (Wildman–Crippen MR) is 118 cm³/mol. The van der Waals surface area contributed by atoms with Crippen molar-refractivity contribution in [2.75, 3.05) is 12.4 Å². The van der Waals surface area contributed by atoms with Crippen molar-refractivity contribution in [1.82, 2.24) is 25.2 Å². The molecule has 0 aliphatic carbocycles. The average molecular weight is 438 g/mol.